The molecule has 3 aromatic rings. The van der Waals surface area contributed by atoms with E-state index in [1.54, 1.807) is 17.4 Å². The predicted molar refractivity (Wildman–Crippen MR) is 78.0 cm³/mol. The Bertz CT molecular complexity index is 732. The number of halogens is 1. The summed E-state index contributed by atoms with van der Waals surface area (Å²) < 4.78 is 15.8. The molecule has 0 amide bonds. The number of benzene rings is 2. The molecule has 0 N–H and O–H groups in total. The first kappa shape index (κ1) is 11.7. The lowest BCUT2D eigenvalue weighted by Gasteiger charge is -2.18. The first-order valence-corrected chi connectivity index (χ1v) is 6.89. The molecule has 0 radical (unpaired) electrons. The highest BCUT2D eigenvalue weighted by molar-refractivity contribution is 7.25. The second kappa shape index (κ2) is 3.79. The zero-order valence-electron chi connectivity index (χ0n) is 10.8. The number of fused-ring (bicyclic) bond motifs is 3. The summed E-state index contributed by atoms with van der Waals surface area (Å²) in [6.45, 7) is 6.59. The molecule has 0 aliphatic rings. The molecule has 92 valence electrons. The van der Waals surface area contributed by atoms with Crippen LogP contribution in [0.4, 0.5) is 4.39 Å². The third kappa shape index (κ3) is 1.81. The van der Waals surface area contributed by atoms with Gasteiger partial charge in [-0.2, -0.15) is 0 Å². The Hall–Kier alpha value is -1.41. The molecule has 0 saturated heterocycles. The van der Waals surface area contributed by atoms with E-state index < -0.39 is 0 Å². The second-order valence-corrected chi connectivity index (χ2v) is 6.79. The molecule has 0 nitrogen and oxygen atoms in total. The van der Waals surface area contributed by atoms with Gasteiger partial charge in [0.05, 0.1) is 0 Å². The van der Waals surface area contributed by atoms with Gasteiger partial charge in [0.2, 0.25) is 0 Å². The normalized spacial score (nSPS) is 12.4. The molecule has 0 unspecified atom stereocenters. The van der Waals surface area contributed by atoms with Crippen molar-refractivity contribution >= 4 is 31.5 Å². The Balaban J connectivity index is 2.38. The van der Waals surface area contributed by atoms with Gasteiger partial charge in [0.1, 0.15) is 5.82 Å². The van der Waals surface area contributed by atoms with Crippen molar-refractivity contribution in [1.29, 1.82) is 0 Å². The van der Waals surface area contributed by atoms with Crippen LogP contribution in [0.3, 0.4) is 0 Å². The predicted octanol–water partition coefficient (Wildman–Crippen LogP) is 5.49. The Morgan fingerprint density at radius 3 is 2.17 bits per heavy atom. The van der Waals surface area contributed by atoms with Gasteiger partial charge >= 0.3 is 0 Å². The van der Waals surface area contributed by atoms with E-state index in [1.807, 2.05) is 6.07 Å². The van der Waals surface area contributed by atoms with Crippen LogP contribution in [0, 0.1) is 5.82 Å². The fourth-order valence-electron chi connectivity index (χ4n) is 2.22. The molecule has 0 bridgehead atoms. The summed E-state index contributed by atoms with van der Waals surface area (Å²) in [5.41, 5.74) is 1.41. The zero-order valence-corrected chi connectivity index (χ0v) is 11.6. The van der Waals surface area contributed by atoms with Crippen molar-refractivity contribution in [3.63, 3.8) is 0 Å². The van der Waals surface area contributed by atoms with E-state index in [9.17, 15) is 4.39 Å². The topological polar surface area (TPSA) is 0 Å². The zero-order chi connectivity index (χ0) is 12.9. The molecule has 3 rings (SSSR count). The van der Waals surface area contributed by atoms with Crippen molar-refractivity contribution in [2.45, 2.75) is 26.2 Å². The van der Waals surface area contributed by atoms with Crippen molar-refractivity contribution in [3.05, 3.63) is 47.8 Å². The molecule has 18 heavy (non-hydrogen) atoms. The summed E-state index contributed by atoms with van der Waals surface area (Å²) in [5, 5.41) is 2.20. The summed E-state index contributed by atoms with van der Waals surface area (Å²) in [7, 11) is 0. The van der Waals surface area contributed by atoms with Crippen LogP contribution >= 0.6 is 11.3 Å². The Morgan fingerprint density at radius 1 is 0.889 bits per heavy atom. The number of rotatable bonds is 0. The van der Waals surface area contributed by atoms with Crippen LogP contribution in [0.5, 0.6) is 0 Å². The van der Waals surface area contributed by atoms with Crippen molar-refractivity contribution in [3.8, 4) is 0 Å². The van der Waals surface area contributed by atoms with Gasteiger partial charge in [-0.05, 0) is 41.3 Å². The highest BCUT2D eigenvalue weighted by atomic mass is 32.1. The molecule has 2 heteroatoms. The standard InChI is InChI=1S/C16H15FS/c1-16(2,3)10-4-6-14-12(8-10)13-9-11(17)5-7-15(13)18-14/h4-9H,1-3H3. The number of hydrogen-bond acceptors (Lipinski definition) is 1. The molecular weight excluding hydrogens is 243 g/mol. The van der Waals surface area contributed by atoms with Gasteiger partial charge in [0, 0.05) is 20.2 Å². The summed E-state index contributed by atoms with van der Waals surface area (Å²) in [6.07, 6.45) is 0. The average Bonchev–Trinajstić information content (AvgIpc) is 2.65. The van der Waals surface area contributed by atoms with E-state index in [0.717, 1.165) is 10.1 Å². The minimum absolute atomic E-state index is 0.121. The van der Waals surface area contributed by atoms with Gasteiger partial charge in [-0.15, -0.1) is 11.3 Å². The van der Waals surface area contributed by atoms with Crippen LogP contribution in [0.1, 0.15) is 26.3 Å². The minimum atomic E-state index is -0.164. The summed E-state index contributed by atoms with van der Waals surface area (Å²) in [6, 6.07) is 11.6. The van der Waals surface area contributed by atoms with E-state index in [1.165, 1.54) is 21.7 Å². The van der Waals surface area contributed by atoms with Gasteiger partial charge in [-0.3, -0.25) is 0 Å². The monoisotopic (exact) mass is 258 g/mol. The Morgan fingerprint density at radius 2 is 1.50 bits per heavy atom. The molecule has 0 spiro atoms. The van der Waals surface area contributed by atoms with Gasteiger partial charge in [-0.1, -0.05) is 26.8 Å². The molecular formula is C16H15FS. The van der Waals surface area contributed by atoms with Crippen LogP contribution in [0.15, 0.2) is 36.4 Å². The van der Waals surface area contributed by atoms with E-state index in [2.05, 4.69) is 39.0 Å². The maximum absolute atomic E-state index is 13.4. The van der Waals surface area contributed by atoms with Gasteiger partial charge in [0.25, 0.3) is 0 Å². The van der Waals surface area contributed by atoms with Crippen molar-refractivity contribution < 1.29 is 4.39 Å². The third-order valence-electron chi connectivity index (χ3n) is 3.30. The van der Waals surface area contributed by atoms with Gasteiger partial charge < -0.3 is 0 Å². The van der Waals surface area contributed by atoms with E-state index in [0.29, 0.717) is 0 Å². The van der Waals surface area contributed by atoms with Crippen molar-refractivity contribution in [2.75, 3.05) is 0 Å². The fraction of sp³-hybridized carbons (Fsp3) is 0.250. The SMILES string of the molecule is CC(C)(C)c1ccc2sc3ccc(F)cc3c2c1. The molecule has 0 atom stereocenters. The van der Waals surface area contributed by atoms with Gasteiger partial charge in [-0.25, -0.2) is 4.39 Å². The van der Waals surface area contributed by atoms with Crippen LogP contribution in [0.2, 0.25) is 0 Å². The maximum atomic E-state index is 13.4. The Kier molecular flexibility index (Phi) is 2.46. The summed E-state index contributed by atoms with van der Waals surface area (Å²) in [4.78, 5) is 0. The molecule has 1 aromatic heterocycles. The van der Waals surface area contributed by atoms with E-state index in [-0.39, 0.29) is 11.2 Å². The lowest BCUT2D eigenvalue weighted by molar-refractivity contribution is 0.591. The van der Waals surface area contributed by atoms with E-state index >= 15 is 0 Å². The average molecular weight is 258 g/mol. The Labute approximate surface area is 110 Å². The maximum Gasteiger partial charge on any atom is 0.123 e. The molecule has 0 fully saturated rings. The molecule has 1 heterocycles. The van der Waals surface area contributed by atoms with Gasteiger partial charge in [0.15, 0.2) is 0 Å². The van der Waals surface area contributed by atoms with Crippen LogP contribution in [0.25, 0.3) is 20.2 Å². The highest BCUT2D eigenvalue weighted by Crippen LogP contribution is 2.36. The fourth-order valence-corrected chi connectivity index (χ4v) is 3.28. The number of thiophene rings is 1. The highest BCUT2D eigenvalue weighted by Gasteiger charge is 2.15. The molecule has 0 aliphatic heterocycles. The minimum Gasteiger partial charge on any atom is -0.207 e. The lowest BCUT2D eigenvalue weighted by Crippen LogP contribution is -2.10. The molecule has 2 aromatic carbocycles. The smallest absolute Gasteiger partial charge is 0.123 e. The van der Waals surface area contributed by atoms with Crippen molar-refractivity contribution in [2.24, 2.45) is 0 Å². The summed E-state index contributed by atoms with van der Waals surface area (Å²) in [5.74, 6) is -0.164. The summed E-state index contributed by atoms with van der Waals surface area (Å²) >= 11 is 1.72. The van der Waals surface area contributed by atoms with Crippen LogP contribution in [-0.2, 0) is 5.41 Å². The third-order valence-corrected chi connectivity index (χ3v) is 4.45. The molecule has 0 aliphatic carbocycles. The first-order valence-electron chi connectivity index (χ1n) is 6.07. The van der Waals surface area contributed by atoms with E-state index in [4.69, 9.17) is 0 Å². The second-order valence-electron chi connectivity index (χ2n) is 5.70. The van der Waals surface area contributed by atoms with Crippen molar-refractivity contribution in [1.82, 2.24) is 0 Å². The first-order chi connectivity index (χ1) is 8.45. The van der Waals surface area contributed by atoms with Crippen LogP contribution < -0.4 is 0 Å². The molecule has 0 saturated carbocycles. The largest absolute Gasteiger partial charge is 0.207 e. The lowest BCUT2D eigenvalue weighted by atomic mass is 9.86. The quantitative estimate of drug-likeness (QED) is 0.500. The van der Waals surface area contributed by atoms with Crippen LogP contribution in [-0.4, -0.2) is 0 Å². The number of hydrogen-bond donors (Lipinski definition) is 0.